The Morgan fingerprint density at radius 1 is 1.35 bits per heavy atom. The molecule has 6 heteroatoms. The Kier molecular flexibility index (Phi) is 6.17. The van der Waals surface area contributed by atoms with E-state index in [-0.39, 0.29) is 12.5 Å². The van der Waals surface area contributed by atoms with Gasteiger partial charge in [-0.25, -0.2) is 0 Å². The predicted molar refractivity (Wildman–Crippen MR) is 95.3 cm³/mol. The van der Waals surface area contributed by atoms with Gasteiger partial charge in [-0.05, 0) is 36.9 Å². The van der Waals surface area contributed by atoms with Crippen LogP contribution >= 0.6 is 27.5 Å². The molecular weight excluding hydrogens is 378 g/mol. The van der Waals surface area contributed by atoms with Crippen LogP contribution in [0, 0.1) is 11.3 Å². The molecule has 1 amide bonds. The molecule has 0 saturated carbocycles. The average molecular weight is 393 g/mol. The van der Waals surface area contributed by atoms with Crippen LogP contribution in [-0.2, 0) is 11.3 Å². The van der Waals surface area contributed by atoms with Crippen molar-refractivity contribution in [3.05, 3.63) is 63.1 Å². The van der Waals surface area contributed by atoms with E-state index in [0.29, 0.717) is 22.8 Å². The van der Waals surface area contributed by atoms with Crippen molar-refractivity contribution < 1.29 is 4.79 Å². The summed E-state index contributed by atoms with van der Waals surface area (Å²) in [5.41, 5.74) is 2.08. The van der Waals surface area contributed by atoms with E-state index in [2.05, 4.69) is 21.2 Å². The Balaban J connectivity index is 1.93. The molecule has 0 aliphatic carbocycles. The average Bonchev–Trinajstić information content (AvgIpc) is 2.49. The number of likely N-dealkylation sites (N-methyl/N-ethyl adjacent to an activating group) is 1. The van der Waals surface area contributed by atoms with Crippen LogP contribution in [0.15, 0.2) is 46.9 Å². The molecule has 2 aromatic carbocycles. The van der Waals surface area contributed by atoms with Crippen LogP contribution in [0.1, 0.15) is 11.1 Å². The maximum atomic E-state index is 12.1. The van der Waals surface area contributed by atoms with Gasteiger partial charge in [0.05, 0.1) is 17.1 Å². The van der Waals surface area contributed by atoms with Gasteiger partial charge in [0.15, 0.2) is 0 Å². The fraction of sp³-hybridized carbons (Fsp3) is 0.176. The second-order valence-corrected chi connectivity index (χ2v) is 6.38. The van der Waals surface area contributed by atoms with Gasteiger partial charge in [-0.3, -0.25) is 9.69 Å². The molecule has 0 atom stereocenters. The lowest BCUT2D eigenvalue weighted by atomic mass is 10.2. The Morgan fingerprint density at radius 2 is 2.09 bits per heavy atom. The van der Waals surface area contributed by atoms with Gasteiger partial charge in [0.25, 0.3) is 0 Å². The molecule has 4 nitrogen and oxygen atoms in total. The Bertz CT molecular complexity index is 758. The third kappa shape index (κ3) is 5.07. The summed E-state index contributed by atoms with van der Waals surface area (Å²) in [5.74, 6) is -0.139. The fourth-order valence-electron chi connectivity index (χ4n) is 2.10. The van der Waals surface area contributed by atoms with Gasteiger partial charge in [0.2, 0.25) is 5.91 Å². The van der Waals surface area contributed by atoms with Crippen molar-refractivity contribution in [2.24, 2.45) is 0 Å². The molecule has 0 fully saturated rings. The standard InChI is InChI=1S/C17H15BrClN3O/c1-22(10-13-4-2-3-5-15(13)18)11-17(23)21-14-7-6-12(9-20)16(19)8-14/h2-8H,10-11H2,1H3,(H,21,23). The van der Waals surface area contributed by atoms with Crippen molar-refractivity contribution in [1.29, 1.82) is 5.26 Å². The number of nitriles is 1. The lowest BCUT2D eigenvalue weighted by Gasteiger charge is -2.17. The topological polar surface area (TPSA) is 56.1 Å². The normalized spacial score (nSPS) is 10.4. The fourth-order valence-corrected chi connectivity index (χ4v) is 2.74. The molecule has 0 aromatic heterocycles. The highest BCUT2D eigenvalue weighted by molar-refractivity contribution is 9.10. The number of rotatable bonds is 5. The van der Waals surface area contributed by atoms with Crippen molar-refractivity contribution in [2.75, 3.05) is 18.9 Å². The summed E-state index contributed by atoms with van der Waals surface area (Å²) >= 11 is 9.45. The van der Waals surface area contributed by atoms with Crippen LogP contribution in [0.2, 0.25) is 5.02 Å². The second kappa shape index (κ2) is 8.11. The molecule has 2 aromatic rings. The van der Waals surface area contributed by atoms with E-state index in [1.165, 1.54) is 0 Å². The van der Waals surface area contributed by atoms with Gasteiger partial charge < -0.3 is 5.32 Å². The maximum Gasteiger partial charge on any atom is 0.238 e. The molecule has 118 valence electrons. The molecule has 0 aliphatic rings. The molecule has 0 bridgehead atoms. The SMILES string of the molecule is CN(CC(=O)Nc1ccc(C#N)c(Cl)c1)Cc1ccccc1Br. The summed E-state index contributed by atoms with van der Waals surface area (Å²) < 4.78 is 1.02. The van der Waals surface area contributed by atoms with E-state index in [9.17, 15) is 4.79 Å². The zero-order chi connectivity index (χ0) is 16.8. The van der Waals surface area contributed by atoms with E-state index in [0.717, 1.165) is 10.0 Å². The first-order valence-corrected chi connectivity index (χ1v) is 8.08. The van der Waals surface area contributed by atoms with Crippen LogP contribution in [0.5, 0.6) is 0 Å². The first kappa shape index (κ1) is 17.5. The zero-order valence-corrected chi connectivity index (χ0v) is 14.9. The minimum absolute atomic E-state index is 0.139. The molecule has 0 radical (unpaired) electrons. The monoisotopic (exact) mass is 391 g/mol. The summed E-state index contributed by atoms with van der Waals surface area (Å²) in [5, 5.41) is 11.9. The lowest BCUT2D eigenvalue weighted by Crippen LogP contribution is -2.29. The minimum atomic E-state index is -0.139. The molecule has 0 aliphatic heterocycles. The lowest BCUT2D eigenvalue weighted by molar-refractivity contribution is -0.117. The number of halogens is 2. The predicted octanol–water partition coefficient (Wildman–Crippen LogP) is 4.04. The Labute approximate surface area is 148 Å². The van der Waals surface area contributed by atoms with Crippen molar-refractivity contribution in [2.45, 2.75) is 6.54 Å². The number of carbonyl (C=O) groups is 1. The molecule has 1 N–H and O–H groups in total. The first-order chi connectivity index (χ1) is 11.0. The molecule has 0 unspecified atom stereocenters. The second-order valence-electron chi connectivity index (χ2n) is 5.12. The van der Waals surface area contributed by atoms with Crippen LogP contribution < -0.4 is 5.32 Å². The van der Waals surface area contributed by atoms with Crippen molar-refractivity contribution in [3.63, 3.8) is 0 Å². The number of carbonyl (C=O) groups excluding carboxylic acids is 1. The maximum absolute atomic E-state index is 12.1. The number of benzene rings is 2. The van der Waals surface area contributed by atoms with Crippen LogP contribution in [0.4, 0.5) is 5.69 Å². The number of hydrogen-bond acceptors (Lipinski definition) is 3. The van der Waals surface area contributed by atoms with E-state index in [4.69, 9.17) is 16.9 Å². The van der Waals surface area contributed by atoms with Crippen LogP contribution in [-0.4, -0.2) is 24.4 Å². The summed E-state index contributed by atoms with van der Waals surface area (Å²) in [6, 6.07) is 14.7. The van der Waals surface area contributed by atoms with Gasteiger partial charge in [0.1, 0.15) is 6.07 Å². The highest BCUT2D eigenvalue weighted by Crippen LogP contribution is 2.20. The molecule has 0 spiro atoms. The molecular formula is C17H15BrClN3O. The number of anilines is 1. The van der Waals surface area contributed by atoms with Crippen LogP contribution in [0.3, 0.4) is 0 Å². The van der Waals surface area contributed by atoms with Crippen molar-refractivity contribution in [3.8, 4) is 6.07 Å². The van der Waals surface area contributed by atoms with Gasteiger partial charge >= 0.3 is 0 Å². The third-order valence-corrected chi connectivity index (χ3v) is 4.27. The number of nitrogens with zero attached hydrogens (tertiary/aromatic N) is 2. The van der Waals surface area contributed by atoms with Gasteiger partial charge in [-0.15, -0.1) is 0 Å². The summed E-state index contributed by atoms with van der Waals surface area (Å²) in [6.45, 7) is 0.905. The number of nitrogens with one attached hydrogen (secondary N) is 1. The highest BCUT2D eigenvalue weighted by Gasteiger charge is 2.10. The summed E-state index contributed by atoms with van der Waals surface area (Å²) in [7, 11) is 1.88. The first-order valence-electron chi connectivity index (χ1n) is 6.91. The number of hydrogen-bond donors (Lipinski definition) is 1. The number of amides is 1. The quantitative estimate of drug-likeness (QED) is 0.835. The molecule has 23 heavy (non-hydrogen) atoms. The highest BCUT2D eigenvalue weighted by atomic mass is 79.9. The smallest absolute Gasteiger partial charge is 0.238 e. The Morgan fingerprint density at radius 3 is 2.74 bits per heavy atom. The van der Waals surface area contributed by atoms with E-state index in [1.54, 1.807) is 18.2 Å². The van der Waals surface area contributed by atoms with Gasteiger partial charge in [-0.2, -0.15) is 5.26 Å². The van der Waals surface area contributed by atoms with E-state index < -0.39 is 0 Å². The summed E-state index contributed by atoms with van der Waals surface area (Å²) in [4.78, 5) is 14.0. The molecule has 0 heterocycles. The van der Waals surface area contributed by atoms with E-state index >= 15 is 0 Å². The Hall–Kier alpha value is -1.87. The van der Waals surface area contributed by atoms with E-state index in [1.807, 2.05) is 42.3 Å². The minimum Gasteiger partial charge on any atom is -0.325 e. The third-order valence-electron chi connectivity index (χ3n) is 3.18. The summed E-state index contributed by atoms with van der Waals surface area (Å²) in [6.07, 6.45) is 0. The van der Waals surface area contributed by atoms with Crippen molar-refractivity contribution in [1.82, 2.24) is 4.90 Å². The molecule has 2 rings (SSSR count). The van der Waals surface area contributed by atoms with Gasteiger partial charge in [-0.1, -0.05) is 45.7 Å². The van der Waals surface area contributed by atoms with Crippen LogP contribution in [0.25, 0.3) is 0 Å². The largest absolute Gasteiger partial charge is 0.325 e. The zero-order valence-electron chi connectivity index (χ0n) is 12.5. The molecule has 0 saturated heterocycles. The van der Waals surface area contributed by atoms with Gasteiger partial charge in [0, 0.05) is 16.7 Å². The van der Waals surface area contributed by atoms with Crippen molar-refractivity contribution >= 4 is 39.1 Å².